The SMILES string of the molecule is Cc1ccc(S(=O)(=O)[N-]/C=C(/c2cccc(C)c2)[n+]2ccccc2-c2ccccc2)cc1. The summed E-state index contributed by atoms with van der Waals surface area (Å²) in [5.41, 5.74) is 5.57. The number of pyridine rings is 1. The Morgan fingerprint density at radius 1 is 0.781 bits per heavy atom. The molecule has 0 saturated heterocycles. The first-order chi connectivity index (χ1) is 15.4. The summed E-state index contributed by atoms with van der Waals surface area (Å²) in [7, 11) is -3.84. The molecule has 1 heterocycles. The van der Waals surface area contributed by atoms with Crippen molar-refractivity contribution in [2.24, 2.45) is 0 Å². The number of nitrogens with zero attached hydrogens (tertiary/aromatic N) is 2. The van der Waals surface area contributed by atoms with Gasteiger partial charge in [0, 0.05) is 23.3 Å². The van der Waals surface area contributed by atoms with Gasteiger partial charge in [-0.05, 0) is 56.3 Å². The highest BCUT2D eigenvalue weighted by atomic mass is 32.2. The lowest BCUT2D eigenvalue weighted by Crippen LogP contribution is -2.35. The molecule has 4 rings (SSSR count). The fraction of sp³-hybridized carbons (Fsp3) is 0.0741. The van der Waals surface area contributed by atoms with Crippen LogP contribution in [0, 0.1) is 13.8 Å². The third-order valence-electron chi connectivity index (χ3n) is 5.14. The minimum absolute atomic E-state index is 0.171. The zero-order valence-corrected chi connectivity index (χ0v) is 18.8. The van der Waals surface area contributed by atoms with Crippen LogP contribution in [0.4, 0.5) is 0 Å². The van der Waals surface area contributed by atoms with Gasteiger partial charge >= 0.3 is 0 Å². The first-order valence-electron chi connectivity index (χ1n) is 10.3. The Bertz CT molecular complexity index is 1360. The molecule has 1 aromatic heterocycles. The normalized spacial score (nSPS) is 11.9. The minimum Gasteiger partial charge on any atom is -0.574 e. The van der Waals surface area contributed by atoms with Crippen molar-refractivity contribution in [3.63, 3.8) is 0 Å². The Morgan fingerprint density at radius 2 is 1.50 bits per heavy atom. The third kappa shape index (κ3) is 4.79. The van der Waals surface area contributed by atoms with Gasteiger partial charge in [-0.3, -0.25) is 0 Å². The van der Waals surface area contributed by atoms with E-state index in [-0.39, 0.29) is 4.90 Å². The number of hydrogen-bond acceptors (Lipinski definition) is 2. The minimum atomic E-state index is -3.84. The quantitative estimate of drug-likeness (QED) is 0.352. The van der Waals surface area contributed by atoms with Crippen molar-refractivity contribution < 1.29 is 13.0 Å². The molecular weight excluding hydrogens is 416 g/mol. The van der Waals surface area contributed by atoms with Crippen LogP contribution < -0.4 is 4.57 Å². The van der Waals surface area contributed by atoms with E-state index in [1.807, 2.05) is 97.4 Å². The number of aromatic nitrogens is 1. The van der Waals surface area contributed by atoms with E-state index in [0.717, 1.165) is 27.9 Å². The molecule has 5 heteroatoms. The van der Waals surface area contributed by atoms with Gasteiger partial charge in [0.05, 0.1) is 4.90 Å². The van der Waals surface area contributed by atoms with Crippen LogP contribution in [0.5, 0.6) is 0 Å². The van der Waals surface area contributed by atoms with Crippen molar-refractivity contribution in [2.75, 3.05) is 0 Å². The van der Waals surface area contributed by atoms with Crippen LogP contribution in [-0.4, -0.2) is 8.42 Å². The van der Waals surface area contributed by atoms with E-state index in [2.05, 4.69) is 4.72 Å². The van der Waals surface area contributed by atoms with Gasteiger partial charge in [0.25, 0.3) is 0 Å². The Labute approximate surface area is 189 Å². The highest BCUT2D eigenvalue weighted by molar-refractivity contribution is 7.94. The molecule has 32 heavy (non-hydrogen) atoms. The molecule has 0 spiro atoms. The molecule has 0 aliphatic heterocycles. The van der Waals surface area contributed by atoms with E-state index in [1.54, 1.807) is 24.3 Å². The van der Waals surface area contributed by atoms with Crippen molar-refractivity contribution in [3.05, 3.63) is 131 Å². The summed E-state index contributed by atoms with van der Waals surface area (Å²) < 4.78 is 31.9. The molecule has 0 bridgehead atoms. The topological polar surface area (TPSA) is 52.1 Å². The van der Waals surface area contributed by atoms with Crippen molar-refractivity contribution >= 4 is 15.7 Å². The summed E-state index contributed by atoms with van der Waals surface area (Å²) in [6.45, 7) is 3.93. The lowest BCUT2D eigenvalue weighted by Gasteiger charge is -2.18. The van der Waals surface area contributed by atoms with E-state index in [0.29, 0.717) is 5.70 Å². The molecule has 0 N–H and O–H groups in total. The Balaban J connectivity index is 1.84. The molecule has 4 aromatic rings. The monoisotopic (exact) mass is 440 g/mol. The van der Waals surface area contributed by atoms with Gasteiger partial charge in [-0.2, -0.15) is 4.57 Å². The lowest BCUT2D eigenvalue weighted by atomic mass is 10.1. The predicted octanol–water partition coefficient (Wildman–Crippen LogP) is 5.87. The van der Waals surface area contributed by atoms with Gasteiger partial charge in [-0.25, -0.2) is 8.42 Å². The van der Waals surface area contributed by atoms with Crippen molar-refractivity contribution in [2.45, 2.75) is 18.7 Å². The van der Waals surface area contributed by atoms with E-state index >= 15 is 0 Å². The summed E-state index contributed by atoms with van der Waals surface area (Å²) in [5, 5.41) is 0. The standard InChI is InChI=1S/C27H24N2O2S/c1-21-14-16-25(17-15-21)32(30,31)28-20-27(24-12-8-9-22(2)19-24)29-18-7-6-13-26(29)23-10-4-3-5-11-23/h3-20H,1-2H3/b27-20-. The van der Waals surface area contributed by atoms with Crippen molar-refractivity contribution in [3.8, 4) is 11.3 Å². The van der Waals surface area contributed by atoms with Crippen molar-refractivity contribution in [1.29, 1.82) is 0 Å². The molecule has 0 aliphatic carbocycles. The number of rotatable bonds is 6. The Morgan fingerprint density at radius 3 is 2.22 bits per heavy atom. The Hall–Kier alpha value is -3.70. The fourth-order valence-corrected chi connectivity index (χ4v) is 4.31. The maximum absolute atomic E-state index is 12.9. The van der Waals surface area contributed by atoms with Gasteiger partial charge < -0.3 is 4.72 Å². The second-order valence-corrected chi connectivity index (χ2v) is 9.23. The van der Waals surface area contributed by atoms with Crippen LogP contribution in [0.1, 0.15) is 16.7 Å². The maximum atomic E-state index is 12.9. The van der Waals surface area contributed by atoms with Crippen LogP contribution in [0.2, 0.25) is 0 Å². The molecule has 4 nitrogen and oxygen atoms in total. The molecule has 0 unspecified atom stereocenters. The number of sulfonamides is 1. The molecule has 3 aromatic carbocycles. The zero-order chi connectivity index (χ0) is 22.6. The number of aryl methyl sites for hydroxylation is 2. The maximum Gasteiger partial charge on any atom is 0.218 e. The van der Waals surface area contributed by atoms with E-state index in [4.69, 9.17) is 0 Å². The van der Waals surface area contributed by atoms with Crippen LogP contribution >= 0.6 is 0 Å². The van der Waals surface area contributed by atoms with Gasteiger partial charge in [0.1, 0.15) is 10.0 Å². The average molecular weight is 441 g/mol. The van der Waals surface area contributed by atoms with Crippen LogP contribution in [0.3, 0.4) is 0 Å². The summed E-state index contributed by atoms with van der Waals surface area (Å²) in [6, 6.07) is 30.5. The summed E-state index contributed by atoms with van der Waals surface area (Å²) in [5.74, 6) is 0. The second kappa shape index (κ2) is 9.20. The molecule has 160 valence electrons. The average Bonchev–Trinajstić information content (AvgIpc) is 2.80. The van der Waals surface area contributed by atoms with Crippen molar-refractivity contribution in [1.82, 2.24) is 0 Å². The van der Waals surface area contributed by atoms with Crippen LogP contribution in [-0.2, 0) is 10.0 Å². The molecule has 0 fully saturated rings. The molecule has 0 radical (unpaired) electrons. The predicted molar refractivity (Wildman–Crippen MR) is 128 cm³/mol. The third-order valence-corrected chi connectivity index (χ3v) is 6.39. The van der Waals surface area contributed by atoms with Gasteiger partial charge in [0.2, 0.25) is 5.69 Å². The summed E-state index contributed by atoms with van der Waals surface area (Å²) in [4.78, 5) is 0.171. The largest absolute Gasteiger partial charge is 0.574 e. The first-order valence-corrected chi connectivity index (χ1v) is 11.8. The Kier molecular flexibility index (Phi) is 6.19. The van der Waals surface area contributed by atoms with Gasteiger partial charge in [0.15, 0.2) is 11.9 Å². The lowest BCUT2D eigenvalue weighted by molar-refractivity contribution is -0.567. The fourth-order valence-electron chi connectivity index (χ4n) is 3.47. The molecule has 0 saturated carbocycles. The number of benzene rings is 3. The van der Waals surface area contributed by atoms with E-state index in [9.17, 15) is 8.42 Å². The van der Waals surface area contributed by atoms with Crippen LogP contribution in [0.15, 0.2) is 114 Å². The molecule has 0 atom stereocenters. The highest BCUT2D eigenvalue weighted by Gasteiger charge is 2.18. The van der Waals surface area contributed by atoms with Crippen LogP contribution in [0.25, 0.3) is 21.7 Å². The highest BCUT2D eigenvalue weighted by Crippen LogP contribution is 2.24. The summed E-state index contributed by atoms with van der Waals surface area (Å²) >= 11 is 0. The molecule has 0 amide bonds. The van der Waals surface area contributed by atoms with E-state index < -0.39 is 10.0 Å². The molecular formula is C27H24N2O2S. The zero-order valence-electron chi connectivity index (χ0n) is 18.0. The van der Waals surface area contributed by atoms with Gasteiger partial charge in [-0.15, -0.1) is 0 Å². The smallest absolute Gasteiger partial charge is 0.218 e. The van der Waals surface area contributed by atoms with E-state index in [1.165, 1.54) is 6.20 Å². The first kappa shape index (κ1) is 21.5. The number of hydrogen-bond donors (Lipinski definition) is 0. The summed E-state index contributed by atoms with van der Waals surface area (Å²) in [6.07, 6.45) is 3.36. The van der Waals surface area contributed by atoms with Gasteiger partial charge in [-0.1, -0.05) is 59.8 Å². The molecule has 0 aliphatic rings. The second-order valence-electron chi connectivity index (χ2n) is 7.60.